The molecule has 10 heteroatoms. The summed E-state index contributed by atoms with van der Waals surface area (Å²) in [6, 6.07) is 3.34. The second-order valence-corrected chi connectivity index (χ2v) is 5.89. The van der Waals surface area contributed by atoms with Crippen molar-refractivity contribution in [3.05, 3.63) is 55.4 Å². The molecule has 0 saturated carbocycles. The third kappa shape index (κ3) is 3.07. The molecule has 4 nitrogen and oxygen atoms in total. The number of halogens is 6. The molecule has 0 atom stereocenters. The van der Waals surface area contributed by atoms with E-state index in [2.05, 4.69) is 9.97 Å². The Bertz CT molecular complexity index is 1020. The zero-order valence-corrected chi connectivity index (χ0v) is 13.6. The predicted octanol–water partition coefficient (Wildman–Crippen LogP) is 5.23. The van der Waals surface area contributed by atoms with Crippen molar-refractivity contribution >= 4 is 45.7 Å². The van der Waals surface area contributed by atoms with Crippen LogP contribution in [0.1, 0.15) is 5.56 Å². The summed E-state index contributed by atoms with van der Waals surface area (Å²) in [6.07, 6.45) is -4.04. The van der Waals surface area contributed by atoms with E-state index < -0.39 is 17.4 Å². The first kappa shape index (κ1) is 17.0. The number of benzene rings is 1. The molecule has 0 saturated heterocycles. The molecule has 2 heterocycles. The quantitative estimate of drug-likeness (QED) is 0.566. The summed E-state index contributed by atoms with van der Waals surface area (Å²) in [7, 11) is 0. The van der Waals surface area contributed by atoms with Crippen LogP contribution in [-0.2, 0) is 6.18 Å². The molecule has 1 aromatic carbocycles. The van der Waals surface area contributed by atoms with Crippen molar-refractivity contribution in [2.75, 3.05) is 0 Å². The van der Waals surface area contributed by atoms with Crippen molar-refractivity contribution in [3.63, 3.8) is 0 Å². The van der Waals surface area contributed by atoms with Gasteiger partial charge in [0.1, 0.15) is 11.2 Å². The molecule has 0 bridgehead atoms. The summed E-state index contributed by atoms with van der Waals surface area (Å²) in [5.74, 6) is -0.351. The van der Waals surface area contributed by atoms with Crippen LogP contribution in [0.5, 0.6) is 0 Å². The van der Waals surface area contributed by atoms with Gasteiger partial charge in [0.25, 0.3) is 5.89 Å². The average Bonchev–Trinajstić information content (AvgIpc) is 2.47. The second-order valence-electron chi connectivity index (χ2n) is 4.64. The van der Waals surface area contributed by atoms with E-state index in [1.54, 1.807) is 0 Å². The standard InChI is InChI=1S/C14H4Cl3F3N2O2/c15-6-2-7-10(9(17)3-6)22-12(24-13(7)23)11-8(16)1-5(4-21-11)14(18,19)20/h1-4H. The van der Waals surface area contributed by atoms with Crippen molar-refractivity contribution in [1.82, 2.24) is 9.97 Å². The summed E-state index contributed by atoms with van der Waals surface area (Å²) in [6.45, 7) is 0. The second kappa shape index (κ2) is 5.91. The van der Waals surface area contributed by atoms with Crippen LogP contribution in [0.4, 0.5) is 13.2 Å². The minimum atomic E-state index is -4.60. The van der Waals surface area contributed by atoms with Crippen LogP contribution in [0, 0.1) is 0 Å². The molecule has 0 radical (unpaired) electrons. The third-order valence-corrected chi connectivity index (χ3v) is 3.82. The number of fused-ring (bicyclic) bond motifs is 1. The summed E-state index contributed by atoms with van der Waals surface area (Å²) in [4.78, 5) is 19.6. The Morgan fingerprint density at radius 2 is 1.75 bits per heavy atom. The Labute approximate surface area is 146 Å². The van der Waals surface area contributed by atoms with Gasteiger partial charge in [0.2, 0.25) is 0 Å². The fourth-order valence-corrected chi connectivity index (χ4v) is 2.74. The number of hydrogen-bond acceptors (Lipinski definition) is 4. The van der Waals surface area contributed by atoms with Crippen LogP contribution in [0.15, 0.2) is 33.6 Å². The SMILES string of the molecule is O=c1oc(-c2ncc(C(F)(F)F)cc2Cl)nc2c(Cl)cc(Cl)cc12. The van der Waals surface area contributed by atoms with Crippen LogP contribution in [0.2, 0.25) is 15.1 Å². The molecular weight excluding hydrogens is 392 g/mol. The molecule has 24 heavy (non-hydrogen) atoms. The molecule has 0 aliphatic carbocycles. The number of alkyl halides is 3. The number of nitrogens with zero attached hydrogens (tertiary/aromatic N) is 2. The van der Waals surface area contributed by atoms with Gasteiger partial charge in [-0.2, -0.15) is 13.2 Å². The minimum absolute atomic E-state index is 0.0271. The number of rotatable bonds is 1. The highest BCUT2D eigenvalue weighted by Crippen LogP contribution is 2.34. The highest BCUT2D eigenvalue weighted by Gasteiger charge is 2.32. The first-order valence-electron chi connectivity index (χ1n) is 6.20. The van der Waals surface area contributed by atoms with E-state index in [0.29, 0.717) is 12.3 Å². The topological polar surface area (TPSA) is 56.0 Å². The van der Waals surface area contributed by atoms with Gasteiger partial charge in [0.15, 0.2) is 0 Å². The number of pyridine rings is 1. The molecule has 3 aromatic rings. The van der Waals surface area contributed by atoms with Gasteiger partial charge < -0.3 is 4.42 Å². The van der Waals surface area contributed by atoms with Crippen molar-refractivity contribution in [1.29, 1.82) is 0 Å². The maximum Gasteiger partial charge on any atom is 0.417 e. The molecule has 0 amide bonds. The monoisotopic (exact) mass is 394 g/mol. The van der Waals surface area contributed by atoms with Crippen LogP contribution >= 0.6 is 34.8 Å². The molecule has 2 aromatic heterocycles. The summed E-state index contributed by atoms with van der Waals surface area (Å²) in [5, 5.41) is -0.0566. The molecular formula is C14H4Cl3F3N2O2. The Hall–Kier alpha value is -1.83. The lowest BCUT2D eigenvalue weighted by molar-refractivity contribution is -0.137. The lowest BCUT2D eigenvalue weighted by Gasteiger charge is -2.08. The van der Waals surface area contributed by atoms with E-state index in [-0.39, 0.29) is 37.6 Å². The molecule has 124 valence electrons. The van der Waals surface area contributed by atoms with Gasteiger partial charge in [-0.1, -0.05) is 34.8 Å². The highest BCUT2D eigenvalue weighted by molar-refractivity contribution is 6.38. The van der Waals surface area contributed by atoms with Gasteiger partial charge in [-0.15, -0.1) is 0 Å². The number of hydrogen-bond donors (Lipinski definition) is 0. The molecule has 0 N–H and O–H groups in total. The van der Waals surface area contributed by atoms with E-state index in [4.69, 9.17) is 39.2 Å². The van der Waals surface area contributed by atoms with E-state index in [0.717, 1.165) is 0 Å². The molecule has 0 aliphatic rings. The van der Waals surface area contributed by atoms with Gasteiger partial charge in [-0.3, -0.25) is 0 Å². The molecule has 0 unspecified atom stereocenters. The van der Waals surface area contributed by atoms with Gasteiger partial charge in [0, 0.05) is 11.2 Å². The molecule has 0 aliphatic heterocycles. The maximum absolute atomic E-state index is 12.6. The fraction of sp³-hybridized carbons (Fsp3) is 0.0714. The Balaban J connectivity index is 2.22. The van der Waals surface area contributed by atoms with Gasteiger partial charge in [-0.25, -0.2) is 14.8 Å². The summed E-state index contributed by atoms with van der Waals surface area (Å²) < 4.78 is 42.9. The lowest BCUT2D eigenvalue weighted by Crippen LogP contribution is -2.07. The lowest BCUT2D eigenvalue weighted by atomic mass is 10.2. The van der Waals surface area contributed by atoms with E-state index in [9.17, 15) is 18.0 Å². The van der Waals surface area contributed by atoms with Gasteiger partial charge in [0.05, 0.1) is 21.0 Å². The van der Waals surface area contributed by atoms with Crippen molar-refractivity contribution in [2.24, 2.45) is 0 Å². The number of aromatic nitrogens is 2. The Kier molecular flexibility index (Phi) is 4.19. The van der Waals surface area contributed by atoms with Crippen LogP contribution in [0.25, 0.3) is 22.5 Å². The highest BCUT2D eigenvalue weighted by atomic mass is 35.5. The average molecular weight is 396 g/mol. The molecule has 3 rings (SSSR count). The predicted molar refractivity (Wildman–Crippen MR) is 83.5 cm³/mol. The smallest absolute Gasteiger partial charge is 0.401 e. The van der Waals surface area contributed by atoms with Gasteiger partial charge >= 0.3 is 11.8 Å². The molecule has 0 fully saturated rings. The van der Waals surface area contributed by atoms with Crippen LogP contribution in [-0.4, -0.2) is 9.97 Å². The van der Waals surface area contributed by atoms with E-state index in [1.807, 2.05) is 0 Å². The first-order chi connectivity index (χ1) is 11.2. The zero-order chi connectivity index (χ0) is 17.6. The zero-order valence-electron chi connectivity index (χ0n) is 11.3. The normalized spacial score (nSPS) is 11.9. The van der Waals surface area contributed by atoms with Crippen LogP contribution in [0.3, 0.4) is 0 Å². The largest absolute Gasteiger partial charge is 0.417 e. The fourth-order valence-electron chi connectivity index (χ4n) is 1.95. The Morgan fingerprint density at radius 3 is 2.38 bits per heavy atom. The van der Waals surface area contributed by atoms with E-state index in [1.165, 1.54) is 12.1 Å². The van der Waals surface area contributed by atoms with Crippen molar-refractivity contribution in [3.8, 4) is 11.6 Å². The molecule has 0 spiro atoms. The maximum atomic E-state index is 12.6. The Morgan fingerprint density at radius 1 is 1.04 bits per heavy atom. The van der Waals surface area contributed by atoms with Crippen molar-refractivity contribution in [2.45, 2.75) is 6.18 Å². The van der Waals surface area contributed by atoms with Gasteiger partial charge in [-0.05, 0) is 18.2 Å². The summed E-state index contributed by atoms with van der Waals surface area (Å²) >= 11 is 17.6. The summed E-state index contributed by atoms with van der Waals surface area (Å²) in [5.41, 5.74) is -2.00. The first-order valence-corrected chi connectivity index (χ1v) is 7.33. The minimum Gasteiger partial charge on any atom is -0.401 e. The van der Waals surface area contributed by atoms with Crippen molar-refractivity contribution < 1.29 is 17.6 Å². The third-order valence-electron chi connectivity index (χ3n) is 3.02. The van der Waals surface area contributed by atoms with E-state index >= 15 is 0 Å². The van der Waals surface area contributed by atoms with Crippen LogP contribution < -0.4 is 5.63 Å².